The number of likely N-dealkylation sites (tertiary alicyclic amines) is 1. The summed E-state index contributed by atoms with van der Waals surface area (Å²) < 4.78 is 0. The molecule has 0 aromatic carbocycles. The standard InChI is InChI=1S/C20H29N9O/c1-2-16(30)29-8-4-3-5-14(29)9-15(22)17-18(23)27-20(28-19(17)24)26-13(10-21)11-25-12-6-7-12/h2,10-12,14,21-22,25H,1,3-9H2,(H5,23,24,26,27,28)/b13-11+,21-10?,22-15?. The summed E-state index contributed by atoms with van der Waals surface area (Å²) in [6.07, 6.45) is 9.45. The molecule has 0 spiro atoms. The van der Waals surface area contributed by atoms with Crippen LogP contribution in [0.2, 0.25) is 0 Å². The van der Waals surface area contributed by atoms with E-state index in [0.717, 1.165) is 38.3 Å². The predicted molar refractivity (Wildman–Crippen MR) is 118 cm³/mol. The highest BCUT2D eigenvalue weighted by atomic mass is 16.2. The maximum Gasteiger partial charge on any atom is 0.246 e. The van der Waals surface area contributed by atoms with Crippen LogP contribution >= 0.6 is 0 Å². The second-order valence-electron chi connectivity index (χ2n) is 7.57. The van der Waals surface area contributed by atoms with Gasteiger partial charge in [0.2, 0.25) is 11.9 Å². The Morgan fingerprint density at radius 1 is 1.23 bits per heavy atom. The highest BCUT2D eigenvalue weighted by Gasteiger charge is 2.28. The minimum absolute atomic E-state index is 0.0897. The van der Waals surface area contributed by atoms with Crippen LogP contribution in [0.25, 0.3) is 0 Å². The molecule has 160 valence electrons. The van der Waals surface area contributed by atoms with Crippen LogP contribution in [0.5, 0.6) is 0 Å². The van der Waals surface area contributed by atoms with Crippen molar-refractivity contribution in [1.82, 2.24) is 20.2 Å². The Bertz CT molecular complexity index is 852. The highest BCUT2D eigenvalue weighted by Crippen LogP contribution is 2.26. The molecule has 0 bridgehead atoms. The molecule has 1 unspecified atom stereocenters. The van der Waals surface area contributed by atoms with E-state index in [1.807, 2.05) is 0 Å². The molecule has 1 aliphatic carbocycles. The van der Waals surface area contributed by atoms with Crippen LogP contribution in [0, 0.1) is 10.8 Å². The van der Waals surface area contributed by atoms with Gasteiger partial charge < -0.3 is 37.8 Å². The number of amides is 1. The van der Waals surface area contributed by atoms with Crippen molar-refractivity contribution in [3.8, 4) is 0 Å². The normalized spacial score (nSPS) is 19.1. The number of aromatic nitrogens is 2. The van der Waals surface area contributed by atoms with Crippen LogP contribution in [0.1, 0.15) is 44.1 Å². The van der Waals surface area contributed by atoms with Crippen LogP contribution < -0.4 is 22.1 Å². The van der Waals surface area contributed by atoms with E-state index in [1.165, 1.54) is 6.08 Å². The number of allylic oxidation sites excluding steroid dienone is 1. The summed E-state index contributed by atoms with van der Waals surface area (Å²) in [7, 11) is 0. The topological polar surface area (TPSA) is 170 Å². The quantitative estimate of drug-likeness (QED) is 0.265. The Balaban J connectivity index is 1.73. The van der Waals surface area contributed by atoms with Crippen molar-refractivity contribution >= 4 is 35.4 Å². The number of nitrogens with one attached hydrogen (secondary N) is 4. The summed E-state index contributed by atoms with van der Waals surface area (Å²) in [5, 5.41) is 22.1. The van der Waals surface area contributed by atoms with E-state index >= 15 is 0 Å². The van der Waals surface area contributed by atoms with Crippen molar-refractivity contribution in [2.75, 3.05) is 23.3 Å². The first-order valence-corrected chi connectivity index (χ1v) is 10.1. The number of nitrogens with zero attached hydrogens (tertiary/aromatic N) is 3. The van der Waals surface area contributed by atoms with Crippen molar-refractivity contribution in [1.29, 1.82) is 10.8 Å². The molecular weight excluding hydrogens is 382 g/mol. The number of carbonyl (C=O) groups excluding carboxylic acids is 1. The van der Waals surface area contributed by atoms with E-state index in [0.29, 0.717) is 24.7 Å². The third kappa shape index (κ3) is 5.13. The molecule has 1 aromatic heterocycles. The summed E-state index contributed by atoms with van der Waals surface area (Å²) in [6.45, 7) is 4.22. The molecule has 2 heterocycles. The van der Waals surface area contributed by atoms with Gasteiger partial charge >= 0.3 is 0 Å². The van der Waals surface area contributed by atoms with Crippen molar-refractivity contribution in [3.05, 3.63) is 30.1 Å². The fourth-order valence-electron chi connectivity index (χ4n) is 3.52. The Morgan fingerprint density at radius 3 is 2.53 bits per heavy atom. The molecule has 2 fully saturated rings. The molecule has 3 rings (SSSR count). The molecule has 0 radical (unpaired) electrons. The Kier molecular flexibility index (Phi) is 6.65. The van der Waals surface area contributed by atoms with E-state index in [1.54, 1.807) is 11.1 Å². The maximum atomic E-state index is 12.1. The van der Waals surface area contributed by atoms with E-state index in [2.05, 4.69) is 27.2 Å². The van der Waals surface area contributed by atoms with Crippen LogP contribution in [0.15, 0.2) is 24.6 Å². The molecule has 1 saturated heterocycles. The number of anilines is 3. The van der Waals surface area contributed by atoms with Gasteiger partial charge in [-0.05, 0) is 38.2 Å². The van der Waals surface area contributed by atoms with Crippen LogP contribution in [0.4, 0.5) is 17.6 Å². The lowest BCUT2D eigenvalue weighted by molar-refractivity contribution is -0.129. The lowest BCUT2D eigenvalue weighted by Gasteiger charge is -2.35. The average molecular weight is 412 g/mol. The van der Waals surface area contributed by atoms with Gasteiger partial charge in [-0.15, -0.1) is 0 Å². The fraction of sp³-hybridized carbons (Fsp3) is 0.450. The highest BCUT2D eigenvalue weighted by molar-refractivity contribution is 6.06. The number of hydrogen-bond acceptors (Lipinski definition) is 9. The summed E-state index contributed by atoms with van der Waals surface area (Å²) >= 11 is 0. The molecule has 2 aliphatic rings. The molecule has 1 saturated carbocycles. The number of hydrogen-bond donors (Lipinski definition) is 6. The molecule has 10 heteroatoms. The second kappa shape index (κ2) is 9.38. The molecule has 30 heavy (non-hydrogen) atoms. The molecule has 8 N–H and O–H groups in total. The lowest BCUT2D eigenvalue weighted by atomic mass is 9.94. The van der Waals surface area contributed by atoms with Crippen LogP contribution in [-0.4, -0.2) is 51.3 Å². The van der Waals surface area contributed by atoms with Crippen molar-refractivity contribution in [2.45, 2.75) is 50.6 Å². The zero-order valence-corrected chi connectivity index (χ0v) is 16.9. The fourth-order valence-corrected chi connectivity index (χ4v) is 3.52. The zero-order chi connectivity index (χ0) is 21.7. The predicted octanol–water partition coefficient (Wildman–Crippen LogP) is 1.62. The third-order valence-corrected chi connectivity index (χ3v) is 5.25. The molecular formula is C20H29N9O. The van der Waals surface area contributed by atoms with Gasteiger partial charge in [-0.1, -0.05) is 6.58 Å². The molecule has 1 aliphatic heterocycles. The Morgan fingerprint density at radius 2 is 1.93 bits per heavy atom. The SMILES string of the molecule is C=CC(=O)N1CCCCC1CC(=N)c1c(N)nc(N/C(C=N)=C/NC2CC2)nc1N. The number of carbonyl (C=O) groups is 1. The second-order valence-corrected chi connectivity index (χ2v) is 7.57. The zero-order valence-electron chi connectivity index (χ0n) is 16.9. The molecule has 1 atom stereocenters. The molecule has 10 nitrogen and oxygen atoms in total. The first kappa shape index (κ1) is 21.3. The number of nitrogen functional groups attached to an aromatic ring is 2. The average Bonchev–Trinajstić information content (AvgIpc) is 3.55. The lowest BCUT2D eigenvalue weighted by Crippen LogP contribution is -2.44. The van der Waals surface area contributed by atoms with E-state index in [4.69, 9.17) is 22.3 Å². The van der Waals surface area contributed by atoms with E-state index < -0.39 is 0 Å². The van der Waals surface area contributed by atoms with Gasteiger partial charge in [0.25, 0.3) is 0 Å². The summed E-state index contributed by atoms with van der Waals surface area (Å²) in [4.78, 5) is 22.3. The Hall–Kier alpha value is -3.43. The molecule has 1 aromatic rings. The summed E-state index contributed by atoms with van der Waals surface area (Å²) in [5.74, 6) is 0.212. The minimum atomic E-state index is -0.130. The van der Waals surface area contributed by atoms with Crippen molar-refractivity contribution in [3.63, 3.8) is 0 Å². The monoisotopic (exact) mass is 411 g/mol. The largest absolute Gasteiger partial charge is 0.386 e. The Labute approximate surface area is 175 Å². The smallest absolute Gasteiger partial charge is 0.246 e. The van der Waals surface area contributed by atoms with Gasteiger partial charge in [-0.25, -0.2) is 0 Å². The van der Waals surface area contributed by atoms with Gasteiger partial charge in [-0.3, -0.25) is 4.79 Å². The number of nitrogens with two attached hydrogens (primary N) is 2. The van der Waals surface area contributed by atoms with E-state index in [9.17, 15) is 4.79 Å². The van der Waals surface area contributed by atoms with Crippen LogP contribution in [-0.2, 0) is 4.79 Å². The maximum absolute atomic E-state index is 12.1. The van der Waals surface area contributed by atoms with Crippen molar-refractivity contribution < 1.29 is 4.79 Å². The van der Waals surface area contributed by atoms with Gasteiger partial charge in [0, 0.05) is 43.2 Å². The first-order valence-electron chi connectivity index (χ1n) is 10.1. The summed E-state index contributed by atoms with van der Waals surface area (Å²) in [6, 6.07) is 0.349. The minimum Gasteiger partial charge on any atom is -0.386 e. The first-order chi connectivity index (χ1) is 14.4. The van der Waals surface area contributed by atoms with Crippen molar-refractivity contribution in [2.24, 2.45) is 0 Å². The number of piperidine rings is 1. The number of rotatable bonds is 9. The van der Waals surface area contributed by atoms with Gasteiger partial charge in [0.05, 0.1) is 11.3 Å². The van der Waals surface area contributed by atoms with Gasteiger partial charge in [0.15, 0.2) is 0 Å². The van der Waals surface area contributed by atoms with Gasteiger partial charge in [0.1, 0.15) is 11.6 Å². The van der Waals surface area contributed by atoms with Crippen LogP contribution in [0.3, 0.4) is 0 Å². The van der Waals surface area contributed by atoms with Gasteiger partial charge in [-0.2, -0.15) is 9.97 Å². The van der Waals surface area contributed by atoms with E-state index in [-0.39, 0.29) is 40.8 Å². The molecule has 1 amide bonds. The summed E-state index contributed by atoms with van der Waals surface area (Å²) in [5.41, 5.74) is 13.2. The third-order valence-electron chi connectivity index (χ3n) is 5.25.